The van der Waals surface area contributed by atoms with Crippen LogP contribution < -0.4 is 27.6 Å². The van der Waals surface area contributed by atoms with Crippen LogP contribution in [0, 0.1) is 11.8 Å². The lowest BCUT2D eigenvalue weighted by Gasteiger charge is -2.34. The minimum Gasteiger partial charge on any atom is -0.442 e. The fraction of sp³-hybridized carbons (Fsp3) is 0.588. The maximum atomic E-state index is 14.0. The number of primary amides is 2. The van der Waals surface area contributed by atoms with E-state index in [0.29, 0.717) is 33.5 Å². The number of hydrazine groups is 2. The molecule has 1 aliphatic carbocycles. The summed E-state index contributed by atoms with van der Waals surface area (Å²) in [5.41, 5.74) is 9.80. The van der Waals surface area contributed by atoms with Gasteiger partial charge in [0.1, 0.15) is 12.6 Å². The summed E-state index contributed by atoms with van der Waals surface area (Å²) in [4.78, 5) is 108. The Bertz CT molecular complexity index is 1520. The molecule has 0 spiro atoms. The summed E-state index contributed by atoms with van der Waals surface area (Å²) in [7, 11) is 0. The number of carbonyl (C=O) groups excluding carboxylic acids is 8. The van der Waals surface area contributed by atoms with Crippen molar-refractivity contribution in [1.29, 1.82) is 0 Å². The number of nitrogens with zero attached hydrogens (tertiary/aromatic N) is 3. The topological polar surface area (TPSA) is 253 Å². The van der Waals surface area contributed by atoms with Crippen LogP contribution in [-0.4, -0.2) is 99.1 Å². The molecule has 0 aromatic heterocycles. The summed E-state index contributed by atoms with van der Waals surface area (Å²) in [6.45, 7) is 1.80. The fourth-order valence-electron chi connectivity index (χ4n) is 5.56. The van der Waals surface area contributed by atoms with Gasteiger partial charge in [-0.25, -0.2) is 28.4 Å². The molecule has 1 unspecified atom stereocenters. The largest absolute Gasteiger partial charge is 0.444 e. The second-order valence-electron chi connectivity index (χ2n) is 13.3. The highest BCUT2D eigenvalue weighted by atomic mass is 35.5. The van der Waals surface area contributed by atoms with Gasteiger partial charge in [-0.05, 0) is 30.2 Å². The molecule has 7 N–H and O–H groups in total. The van der Waals surface area contributed by atoms with Crippen LogP contribution in [-0.2, 0) is 44.9 Å². The number of nitrogens with one attached hydrogen (secondary N) is 3. The van der Waals surface area contributed by atoms with Gasteiger partial charge in [0.15, 0.2) is 6.04 Å². The number of nitrogens with two attached hydrogens (primary N) is 2. The Balaban J connectivity index is 2.51. The number of hydrogen-bond donors (Lipinski definition) is 5. The van der Waals surface area contributed by atoms with Crippen LogP contribution in [0.15, 0.2) is 30.3 Å². The number of benzene rings is 1. The normalized spacial score (nSPS) is 14.9. The van der Waals surface area contributed by atoms with E-state index in [1.165, 1.54) is 0 Å². The molecule has 1 aromatic rings. The molecule has 56 heavy (non-hydrogen) atoms. The maximum absolute atomic E-state index is 14.0. The van der Waals surface area contributed by atoms with Crippen molar-refractivity contribution < 1.29 is 56.7 Å². The van der Waals surface area contributed by atoms with E-state index in [0.717, 1.165) is 19.3 Å². The highest BCUT2D eigenvalue weighted by Gasteiger charge is 2.40. The number of carbonyl (C=O) groups is 8. The van der Waals surface area contributed by atoms with Gasteiger partial charge >= 0.3 is 12.2 Å². The highest BCUT2D eigenvalue weighted by molar-refractivity contribution is 6.29. The molecule has 1 fully saturated rings. The van der Waals surface area contributed by atoms with Crippen molar-refractivity contribution in [2.24, 2.45) is 23.3 Å². The first-order valence-corrected chi connectivity index (χ1v) is 18.6. The molecule has 2 rings (SSSR count). The van der Waals surface area contributed by atoms with Crippen molar-refractivity contribution in [2.45, 2.75) is 102 Å². The van der Waals surface area contributed by atoms with Crippen LogP contribution in [0.5, 0.6) is 0 Å². The van der Waals surface area contributed by atoms with Gasteiger partial charge in [-0.2, -0.15) is 0 Å². The Hall–Kier alpha value is -4.98. The van der Waals surface area contributed by atoms with Gasteiger partial charge < -0.3 is 26.4 Å². The Morgan fingerprint density at radius 2 is 1.34 bits per heavy atom. The van der Waals surface area contributed by atoms with E-state index >= 15 is 0 Å². The number of ether oxygens (including phenoxy) is 1. The van der Waals surface area contributed by atoms with E-state index in [1.807, 2.05) is 0 Å². The average molecular weight is 838 g/mol. The molecule has 312 valence electrons. The Kier molecular flexibility index (Phi) is 20.1. The van der Waals surface area contributed by atoms with E-state index in [4.69, 9.17) is 44.2 Å². The molecule has 0 saturated heterocycles. The number of amides is 8. The van der Waals surface area contributed by atoms with Crippen molar-refractivity contribution >= 4 is 70.8 Å². The zero-order valence-corrected chi connectivity index (χ0v) is 32.4. The second-order valence-corrected chi connectivity index (χ2v) is 14.1. The summed E-state index contributed by atoms with van der Waals surface area (Å²) in [6, 6.07) is 5.00. The van der Waals surface area contributed by atoms with E-state index < -0.39 is 96.9 Å². The van der Waals surface area contributed by atoms with Gasteiger partial charge in [0.25, 0.3) is 34.9 Å². The third-order valence-corrected chi connectivity index (χ3v) is 8.68. The predicted molar refractivity (Wildman–Crippen MR) is 195 cm³/mol. The lowest BCUT2D eigenvalue weighted by molar-refractivity contribution is -0.158. The lowest BCUT2D eigenvalue weighted by atomic mass is 9.84. The molecule has 0 aliphatic heterocycles. The van der Waals surface area contributed by atoms with Crippen LogP contribution in [0.25, 0.3) is 0 Å². The molecule has 0 bridgehead atoms. The Morgan fingerprint density at radius 3 is 1.82 bits per heavy atom. The van der Waals surface area contributed by atoms with Gasteiger partial charge in [-0.1, -0.05) is 99.5 Å². The summed E-state index contributed by atoms with van der Waals surface area (Å²) < 4.78 is 33.1. The first-order chi connectivity index (χ1) is 26.4. The van der Waals surface area contributed by atoms with Crippen LogP contribution in [0.2, 0.25) is 0 Å². The summed E-state index contributed by atoms with van der Waals surface area (Å²) in [6.07, 6.45) is -0.484. The van der Waals surface area contributed by atoms with E-state index in [-0.39, 0.29) is 31.3 Å². The van der Waals surface area contributed by atoms with Crippen molar-refractivity contribution in [2.75, 3.05) is 13.1 Å². The van der Waals surface area contributed by atoms with Gasteiger partial charge in [0, 0.05) is 12.8 Å². The lowest BCUT2D eigenvalue weighted by Crippen LogP contribution is -2.59. The molecule has 8 amide bonds. The van der Waals surface area contributed by atoms with E-state index in [1.54, 1.807) is 44.2 Å². The van der Waals surface area contributed by atoms with Crippen molar-refractivity contribution in [1.82, 2.24) is 31.2 Å². The SMILES string of the molecule is CC(C)C[C@H](NC(=O)ON(C(=O)OCc1ccccc1)[C@@H](CC1CCCCC1)C(=O)NN(CCC(N)=O)C(=O)[C@H](F)Cl)C(=O)NN(CCC(N)=O)C(=O)C(F)Cl. The fourth-order valence-corrected chi connectivity index (χ4v) is 5.80. The van der Waals surface area contributed by atoms with Crippen molar-refractivity contribution in [3.05, 3.63) is 35.9 Å². The van der Waals surface area contributed by atoms with E-state index in [9.17, 15) is 47.1 Å². The minimum atomic E-state index is -2.65. The van der Waals surface area contributed by atoms with Gasteiger partial charge in [0.05, 0.1) is 13.1 Å². The molecule has 4 atom stereocenters. The number of alkyl halides is 4. The highest BCUT2D eigenvalue weighted by Crippen LogP contribution is 2.29. The van der Waals surface area contributed by atoms with Crippen LogP contribution in [0.4, 0.5) is 18.4 Å². The molecule has 1 aliphatic rings. The smallest absolute Gasteiger partial charge is 0.442 e. The molecule has 1 saturated carbocycles. The average Bonchev–Trinajstić information content (AvgIpc) is 3.14. The quantitative estimate of drug-likeness (QED) is 0.107. The maximum Gasteiger partial charge on any atom is 0.444 e. The first-order valence-electron chi connectivity index (χ1n) is 17.7. The summed E-state index contributed by atoms with van der Waals surface area (Å²) in [5.74, 6) is -7.49. The van der Waals surface area contributed by atoms with Crippen LogP contribution in [0.3, 0.4) is 0 Å². The van der Waals surface area contributed by atoms with Crippen molar-refractivity contribution in [3.63, 3.8) is 0 Å². The molecule has 1 aromatic carbocycles. The Morgan fingerprint density at radius 1 is 0.821 bits per heavy atom. The molecular formula is C34H48Cl2F2N8O10. The second kappa shape index (κ2) is 23.8. The Labute approximate surface area is 332 Å². The molecule has 18 nitrogen and oxygen atoms in total. The summed E-state index contributed by atoms with van der Waals surface area (Å²) in [5, 5.41) is 3.38. The van der Waals surface area contributed by atoms with Gasteiger partial charge in [-0.3, -0.25) is 39.6 Å². The minimum absolute atomic E-state index is 0.122. The number of hydrogen-bond acceptors (Lipinski definition) is 10. The van der Waals surface area contributed by atoms with E-state index in [2.05, 4.69) is 16.2 Å². The zero-order chi connectivity index (χ0) is 41.9. The number of rotatable bonds is 18. The molecule has 0 heterocycles. The third kappa shape index (κ3) is 16.8. The first kappa shape index (κ1) is 47.2. The third-order valence-electron chi connectivity index (χ3n) is 8.31. The summed E-state index contributed by atoms with van der Waals surface area (Å²) >= 11 is 10.6. The van der Waals surface area contributed by atoms with Crippen molar-refractivity contribution in [3.8, 4) is 0 Å². The van der Waals surface area contributed by atoms with Gasteiger partial charge in [0.2, 0.25) is 11.8 Å². The zero-order valence-electron chi connectivity index (χ0n) is 30.9. The molecule has 22 heteroatoms. The van der Waals surface area contributed by atoms with Gasteiger partial charge in [-0.15, -0.1) is 5.06 Å². The number of halogens is 4. The number of hydroxylamine groups is 2. The monoisotopic (exact) mass is 836 g/mol. The van der Waals surface area contributed by atoms with Crippen LogP contribution in [0.1, 0.15) is 77.2 Å². The van der Waals surface area contributed by atoms with Crippen LogP contribution >= 0.6 is 23.2 Å². The molecule has 0 radical (unpaired) electrons. The predicted octanol–water partition coefficient (Wildman–Crippen LogP) is 2.56. The standard InChI is InChI=1S/C34H48Cl2F2N8O10/c1-20(2)17-23(29(49)42-44(15-13-25(39)47)31(51)27(35)37)41-33(53)56-46(34(54)55-19-22-11-7-4-8-12-22)24(18-21-9-5-3-6-10-21)30(50)43-45(16-14-26(40)48)32(52)28(36)38/h4,7-8,11-12,20-21,23-24,27-28H,3,5-6,9-10,13-19H2,1-2H3,(H2,39,47)(H2,40,48)(H,41,53)(H,42,49)(H,43,50)/t23-,24-,27?,28-/m0/s1. The molecular weight excluding hydrogens is 789 g/mol.